The maximum atomic E-state index is 12.4. The lowest BCUT2D eigenvalue weighted by atomic mass is 10.1. The van der Waals surface area contributed by atoms with Crippen LogP contribution in [0.2, 0.25) is 0 Å². The van der Waals surface area contributed by atoms with Crippen molar-refractivity contribution in [2.45, 2.75) is 13.8 Å². The fraction of sp³-hybridized carbons (Fsp3) is 0.200. The van der Waals surface area contributed by atoms with Gasteiger partial charge in [0.2, 0.25) is 10.0 Å². The Hall–Kier alpha value is -2.39. The van der Waals surface area contributed by atoms with Gasteiger partial charge in [0.15, 0.2) is 0 Å². The molecule has 0 aliphatic rings. The fourth-order valence-electron chi connectivity index (χ4n) is 2.14. The summed E-state index contributed by atoms with van der Waals surface area (Å²) in [5.41, 5.74) is 1.52. The molecule has 1 aromatic carbocycles. The van der Waals surface area contributed by atoms with Crippen LogP contribution in [-0.4, -0.2) is 31.7 Å². The summed E-state index contributed by atoms with van der Waals surface area (Å²) in [6, 6.07) is 7.14. The van der Waals surface area contributed by atoms with E-state index in [-0.39, 0.29) is 21.0 Å². The first-order valence-electron chi connectivity index (χ1n) is 6.81. The second-order valence-electron chi connectivity index (χ2n) is 5.26. The number of anilines is 2. The molecular weight excluding hydrogens is 352 g/mol. The Morgan fingerprint density at radius 1 is 1.21 bits per heavy atom. The highest BCUT2D eigenvalue weighted by molar-refractivity contribution is 7.92. The molecule has 2 aromatic rings. The zero-order valence-electron chi connectivity index (χ0n) is 13.2. The number of aryl methyl sites for hydroxylation is 1. The Bertz CT molecular complexity index is 916. The number of carboxylic acid groups (broad SMARTS) is 1. The average Bonchev–Trinajstić information content (AvgIpc) is 2.73. The molecule has 0 aliphatic heterocycles. The molecule has 0 aliphatic carbocycles. The van der Waals surface area contributed by atoms with Crippen molar-refractivity contribution in [1.29, 1.82) is 0 Å². The zero-order valence-corrected chi connectivity index (χ0v) is 14.8. The number of thiophene rings is 1. The lowest BCUT2D eigenvalue weighted by Crippen LogP contribution is -2.12. The predicted molar refractivity (Wildman–Crippen MR) is 93.6 cm³/mol. The van der Waals surface area contributed by atoms with E-state index in [0.29, 0.717) is 5.69 Å². The van der Waals surface area contributed by atoms with Crippen molar-refractivity contribution in [1.82, 2.24) is 0 Å². The minimum absolute atomic E-state index is 0.0862. The molecule has 0 bridgehead atoms. The number of amides is 1. The van der Waals surface area contributed by atoms with Gasteiger partial charge >= 0.3 is 5.97 Å². The number of carbonyl (C=O) groups excluding carboxylic acids is 1. The summed E-state index contributed by atoms with van der Waals surface area (Å²) >= 11 is 0.790. The van der Waals surface area contributed by atoms with E-state index >= 15 is 0 Å². The van der Waals surface area contributed by atoms with E-state index in [2.05, 4.69) is 10.0 Å². The van der Waals surface area contributed by atoms with Crippen molar-refractivity contribution in [3.63, 3.8) is 0 Å². The molecule has 24 heavy (non-hydrogen) atoms. The van der Waals surface area contributed by atoms with E-state index in [0.717, 1.165) is 23.2 Å². The minimum Gasteiger partial charge on any atom is -0.478 e. The quantitative estimate of drug-likeness (QED) is 0.751. The standard InChI is InChI=1S/C15H16N2O5S2/c1-8-5-4-6-10(7-8)16-13(18)12-9(2)11(15(19)20)14(23-12)17-24(3,21)22/h4-7,17H,1-3H3,(H,16,18)(H,19,20). The minimum atomic E-state index is -3.66. The number of sulfonamides is 1. The smallest absolute Gasteiger partial charge is 0.339 e. The monoisotopic (exact) mass is 368 g/mol. The van der Waals surface area contributed by atoms with E-state index in [9.17, 15) is 23.1 Å². The second-order valence-corrected chi connectivity index (χ2v) is 8.03. The first-order chi connectivity index (χ1) is 11.1. The molecule has 9 heteroatoms. The van der Waals surface area contributed by atoms with Crippen LogP contribution in [-0.2, 0) is 10.0 Å². The van der Waals surface area contributed by atoms with Gasteiger partial charge in [0.05, 0.1) is 16.7 Å². The third-order valence-corrected chi connectivity index (χ3v) is 5.03. The maximum absolute atomic E-state index is 12.4. The number of aromatic carboxylic acids is 1. The number of rotatable bonds is 5. The normalized spacial score (nSPS) is 11.1. The van der Waals surface area contributed by atoms with Crippen LogP contribution in [0.15, 0.2) is 24.3 Å². The Labute approximate surface area is 143 Å². The van der Waals surface area contributed by atoms with Crippen molar-refractivity contribution in [3.05, 3.63) is 45.8 Å². The zero-order chi connectivity index (χ0) is 18.1. The lowest BCUT2D eigenvalue weighted by Gasteiger charge is -2.05. The number of nitrogens with one attached hydrogen (secondary N) is 2. The first kappa shape index (κ1) is 18.0. The van der Waals surface area contributed by atoms with Crippen molar-refractivity contribution < 1.29 is 23.1 Å². The molecular formula is C15H16N2O5S2. The molecule has 1 heterocycles. The van der Waals surface area contributed by atoms with E-state index in [4.69, 9.17) is 0 Å². The topological polar surface area (TPSA) is 113 Å². The van der Waals surface area contributed by atoms with Gasteiger partial charge in [0, 0.05) is 5.69 Å². The molecule has 128 valence electrons. The summed E-state index contributed by atoms with van der Waals surface area (Å²) in [4.78, 5) is 24.0. The van der Waals surface area contributed by atoms with Gasteiger partial charge in [0.25, 0.3) is 5.91 Å². The molecule has 1 amide bonds. The first-order valence-corrected chi connectivity index (χ1v) is 9.52. The van der Waals surface area contributed by atoms with E-state index in [1.165, 1.54) is 6.92 Å². The predicted octanol–water partition coefficient (Wildman–Crippen LogP) is 2.69. The van der Waals surface area contributed by atoms with Crippen LogP contribution in [0.4, 0.5) is 10.7 Å². The Balaban J connectivity index is 2.41. The Morgan fingerprint density at radius 2 is 1.88 bits per heavy atom. The number of carboxylic acids is 1. The molecule has 0 saturated carbocycles. The molecule has 7 nitrogen and oxygen atoms in total. The SMILES string of the molecule is Cc1cccc(NC(=O)c2sc(NS(C)(=O)=O)c(C(=O)O)c2C)c1. The molecule has 0 spiro atoms. The molecule has 3 N–H and O–H groups in total. The van der Waals surface area contributed by atoms with Crippen molar-refractivity contribution in [2.75, 3.05) is 16.3 Å². The summed E-state index contributed by atoms with van der Waals surface area (Å²) < 4.78 is 24.9. The third-order valence-electron chi connectivity index (χ3n) is 3.12. The summed E-state index contributed by atoms with van der Waals surface area (Å²) in [6.07, 6.45) is 0.917. The molecule has 2 rings (SSSR count). The summed E-state index contributed by atoms with van der Waals surface area (Å²) in [5.74, 6) is -1.79. The Kier molecular flexibility index (Phi) is 4.95. The van der Waals surface area contributed by atoms with E-state index < -0.39 is 21.9 Å². The molecule has 0 atom stereocenters. The van der Waals surface area contributed by atoms with Gasteiger partial charge in [-0.2, -0.15) is 0 Å². The van der Waals surface area contributed by atoms with Crippen LogP contribution < -0.4 is 10.0 Å². The van der Waals surface area contributed by atoms with Gasteiger partial charge in [-0.25, -0.2) is 13.2 Å². The lowest BCUT2D eigenvalue weighted by molar-refractivity contribution is 0.0698. The van der Waals surface area contributed by atoms with Gasteiger partial charge in [-0.15, -0.1) is 11.3 Å². The van der Waals surface area contributed by atoms with E-state index in [1.54, 1.807) is 18.2 Å². The van der Waals surface area contributed by atoms with Crippen LogP contribution in [0.25, 0.3) is 0 Å². The number of carbonyl (C=O) groups is 2. The van der Waals surface area contributed by atoms with Gasteiger partial charge in [0.1, 0.15) is 5.00 Å². The number of hydrogen-bond donors (Lipinski definition) is 3. The highest BCUT2D eigenvalue weighted by atomic mass is 32.2. The van der Waals surface area contributed by atoms with Crippen molar-refractivity contribution in [2.24, 2.45) is 0 Å². The highest BCUT2D eigenvalue weighted by Gasteiger charge is 2.25. The summed E-state index contributed by atoms with van der Waals surface area (Å²) in [5, 5.41) is 11.9. The van der Waals surface area contributed by atoms with Gasteiger partial charge in [-0.3, -0.25) is 9.52 Å². The fourth-order valence-corrected chi connectivity index (χ4v) is 4.14. The van der Waals surface area contributed by atoms with Crippen LogP contribution in [0.5, 0.6) is 0 Å². The van der Waals surface area contributed by atoms with Crippen molar-refractivity contribution in [3.8, 4) is 0 Å². The highest BCUT2D eigenvalue weighted by Crippen LogP contribution is 2.34. The largest absolute Gasteiger partial charge is 0.478 e. The van der Waals surface area contributed by atoms with Gasteiger partial charge < -0.3 is 10.4 Å². The van der Waals surface area contributed by atoms with E-state index in [1.807, 2.05) is 13.0 Å². The molecule has 0 radical (unpaired) electrons. The average molecular weight is 368 g/mol. The van der Waals surface area contributed by atoms with Crippen LogP contribution in [0.3, 0.4) is 0 Å². The maximum Gasteiger partial charge on any atom is 0.339 e. The molecule has 0 saturated heterocycles. The van der Waals surface area contributed by atoms with Gasteiger partial charge in [-0.05, 0) is 37.1 Å². The molecule has 0 unspecified atom stereocenters. The summed E-state index contributed by atoms with van der Waals surface area (Å²) in [7, 11) is -3.66. The van der Waals surface area contributed by atoms with Crippen LogP contribution in [0.1, 0.15) is 31.2 Å². The third kappa shape index (κ3) is 4.12. The summed E-state index contributed by atoms with van der Waals surface area (Å²) in [6.45, 7) is 3.35. The Morgan fingerprint density at radius 3 is 2.42 bits per heavy atom. The van der Waals surface area contributed by atoms with Gasteiger partial charge in [-0.1, -0.05) is 12.1 Å². The molecule has 0 fully saturated rings. The molecule has 1 aromatic heterocycles. The number of benzene rings is 1. The number of hydrogen-bond acceptors (Lipinski definition) is 5. The van der Waals surface area contributed by atoms with Crippen LogP contribution >= 0.6 is 11.3 Å². The van der Waals surface area contributed by atoms with Crippen molar-refractivity contribution >= 4 is 43.9 Å². The second kappa shape index (κ2) is 6.62. The van der Waals surface area contributed by atoms with Crippen LogP contribution in [0, 0.1) is 13.8 Å².